The van der Waals surface area contributed by atoms with Crippen LogP contribution in [0.1, 0.15) is 12.0 Å². The third-order valence-corrected chi connectivity index (χ3v) is 2.79. The summed E-state index contributed by atoms with van der Waals surface area (Å²) in [6.07, 6.45) is 1.02. The molecule has 1 aromatic rings. The zero-order valence-corrected chi connectivity index (χ0v) is 13.9. The number of aliphatic hydroxyl groups is 1. The van der Waals surface area contributed by atoms with Gasteiger partial charge in [-0.1, -0.05) is 11.6 Å². The van der Waals surface area contributed by atoms with Gasteiger partial charge in [0.25, 0.3) is 0 Å². The Hall–Kier alpha value is -0.230. The van der Waals surface area contributed by atoms with Crippen LogP contribution in [0.5, 0.6) is 5.75 Å². The lowest BCUT2D eigenvalue weighted by Crippen LogP contribution is -2.24. The Balaban J connectivity index is 0. The molecule has 0 saturated heterocycles. The molecule has 0 aliphatic rings. The minimum atomic E-state index is 0. The molecule has 20 heavy (non-hydrogen) atoms. The van der Waals surface area contributed by atoms with Gasteiger partial charge < -0.3 is 20.5 Å². The summed E-state index contributed by atoms with van der Waals surface area (Å²) in [7, 11) is 1.66. The summed E-state index contributed by atoms with van der Waals surface area (Å²) in [5, 5.41) is 15.8. The van der Waals surface area contributed by atoms with Crippen LogP contribution in [0.15, 0.2) is 18.2 Å². The lowest BCUT2D eigenvalue weighted by atomic mass is 10.2. The Morgan fingerprint density at radius 3 is 2.50 bits per heavy atom. The van der Waals surface area contributed by atoms with Crippen LogP contribution in [0.4, 0.5) is 0 Å². The highest BCUT2D eigenvalue weighted by molar-refractivity contribution is 6.30. The van der Waals surface area contributed by atoms with Gasteiger partial charge in [-0.25, -0.2) is 0 Å². The normalized spacial score (nSPS) is 9.55. The first-order valence-corrected chi connectivity index (χ1v) is 6.50. The fourth-order valence-electron chi connectivity index (χ4n) is 1.65. The molecule has 118 valence electrons. The van der Waals surface area contributed by atoms with Crippen LogP contribution < -0.4 is 15.4 Å². The van der Waals surface area contributed by atoms with E-state index in [4.69, 9.17) is 21.4 Å². The van der Waals surface area contributed by atoms with Crippen molar-refractivity contribution in [3.8, 4) is 5.75 Å². The molecule has 0 fully saturated rings. The molecule has 7 heteroatoms. The van der Waals surface area contributed by atoms with E-state index in [1.54, 1.807) is 7.11 Å². The fraction of sp³-hybridized carbons (Fsp3) is 0.538. The van der Waals surface area contributed by atoms with Crippen molar-refractivity contribution >= 4 is 36.4 Å². The van der Waals surface area contributed by atoms with E-state index in [2.05, 4.69) is 10.6 Å². The molecular weight excluding hydrogens is 323 g/mol. The number of hydrogen-bond donors (Lipinski definition) is 3. The number of rotatable bonds is 9. The van der Waals surface area contributed by atoms with Gasteiger partial charge in [-0.05, 0) is 37.7 Å². The van der Waals surface area contributed by atoms with Crippen molar-refractivity contribution in [1.29, 1.82) is 0 Å². The lowest BCUT2D eigenvalue weighted by molar-refractivity contribution is 0.292. The molecule has 3 N–H and O–H groups in total. The fourth-order valence-corrected chi connectivity index (χ4v) is 1.85. The van der Waals surface area contributed by atoms with E-state index in [9.17, 15) is 0 Å². The van der Waals surface area contributed by atoms with Crippen LogP contribution >= 0.6 is 36.4 Å². The van der Waals surface area contributed by atoms with Gasteiger partial charge in [0, 0.05) is 23.7 Å². The van der Waals surface area contributed by atoms with E-state index < -0.39 is 0 Å². The Bertz CT molecular complexity index is 354. The predicted octanol–water partition coefficient (Wildman–Crippen LogP) is 2.25. The van der Waals surface area contributed by atoms with Gasteiger partial charge in [-0.15, -0.1) is 24.8 Å². The number of nitrogens with one attached hydrogen (secondary N) is 2. The van der Waals surface area contributed by atoms with E-state index in [1.807, 2.05) is 18.2 Å². The number of methoxy groups -OCH3 is 1. The number of halogens is 3. The second-order valence-corrected chi connectivity index (χ2v) is 4.40. The van der Waals surface area contributed by atoms with Crippen LogP contribution in [0.3, 0.4) is 0 Å². The lowest BCUT2D eigenvalue weighted by Gasteiger charge is -2.10. The zero-order chi connectivity index (χ0) is 13.2. The highest BCUT2D eigenvalue weighted by atomic mass is 35.5. The van der Waals surface area contributed by atoms with Crippen LogP contribution in [-0.4, -0.2) is 38.5 Å². The van der Waals surface area contributed by atoms with E-state index in [-0.39, 0.29) is 31.4 Å². The minimum Gasteiger partial charge on any atom is -0.496 e. The first kappa shape index (κ1) is 22.1. The van der Waals surface area contributed by atoms with Crippen LogP contribution in [0.25, 0.3) is 0 Å². The number of hydrogen-bond acceptors (Lipinski definition) is 4. The summed E-state index contributed by atoms with van der Waals surface area (Å²) in [6.45, 7) is 3.40. The molecule has 0 spiro atoms. The van der Waals surface area contributed by atoms with E-state index >= 15 is 0 Å². The Morgan fingerprint density at radius 1 is 1.15 bits per heavy atom. The Labute approximate surface area is 138 Å². The standard InChI is InChI=1S/C13H21ClN2O2.2ClH/c1-18-13-4-3-12(14)9-11(13)10-16-6-2-5-15-7-8-17;;/h3-4,9,15-17H,2,5-8,10H2,1H3;2*1H. The molecule has 4 nitrogen and oxygen atoms in total. The van der Waals surface area contributed by atoms with Gasteiger partial charge in [0.2, 0.25) is 0 Å². The first-order valence-electron chi connectivity index (χ1n) is 6.12. The molecule has 1 aromatic carbocycles. The largest absolute Gasteiger partial charge is 0.496 e. The maximum absolute atomic E-state index is 8.60. The van der Waals surface area contributed by atoms with Gasteiger partial charge in [-0.3, -0.25) is 0 Å². The monoisotopic (exact) mass is 344 g/mol. The third-order valence-electron chi connectivity index (χ3n) is 2.55. The molecule has 0 amide bonds. The molecule has 0 atom stereocenters. The molecule has 0 radical (unpaired) electrons. The predicted molar refractivity (Wildman–Crippen MR) is 88.8 cm³/mol. The van der Waals surface area contributed by atoms with Crippen molar-refractivity contribution in [1.82, 2.24) is 10.6 Å². The summed E-state index contributed by atoms with van der Waals surface area (Å²) >= 11 is 5.95. The summed E-state index contributed by atoms with van der Waals surface area (Å²) < 4.78 is 5.27. The van der Waals surface area contributed by atoms with Crippen molar-refractivity contribution in [2.45, 2.75) is 13.0 Å². The SMILES string of the molecule is COc1ccc(Cl)cc1CNCCCNCCO.Cl.Cl. The Kier molecular flexibility index (Phi) is 15.2. The van der Waals surface area contributed by atoms with Crippen LogP contribution in [0.2, 0.25) is 5.02 Å². The second-order valence-electron chi connectivity index (χ2n) is 3.96. The van der Waals surface area contributed by atoms with Crippen LogP contribution in [-0.2, 0) is 6.54 Å². The van der Waals surface area contributed by atoms with Crippen molar-refractivity contribution in [2.75, 3.05) is 33.4 Å². The van der Waals surface area contributed by atoms with E-state index in [0.29, 0.717) is 6.54 Å². The van der Waals surface area contributed by atoms with Crippen molar-refractivity contribution in [3.05, 3.63) is 28.8 Å². The molecule has 0 aliphatic carbocycles. The smallest absolute Gasteiger partial charge is 0.123 e. The summed E-state index contributed by atoms with van der Waals surface area (Å²) in [5.74, 6) is 0.852. The maximum Gasteiger partial charge on any atom is 0.123 e. The van der Waals surface area contributed by atoms with Crippen LogP contribution in [0, 0.1) is 0 Å². The molecule has 0 unspecified atom stereocenters. The molecule has 0 saturated carbocycles. The van der Waals surface area contributed by atoms with Gasteiger partial charge in [-0.2, -0.15) is 0 Å². The topological polar surface area (TPSA) is 53.5 Å². The molecule has 0 heterocycles. The second kappa shape index (κ2) is 13.7. The Morgan fingerprint density at radius 2 is 1.85 bits per heavy atom. The number of aliphatic hydroxyl groups excluding tert-OH is 1. The van der Waals surface area contributed by atoms with Gasteiger partial charge in [0.15, 0.2) is 0 Å². The van der Waals surface area contributed by atoms with E-state index in [1.165, 1.54) is 0 Å². The number of benzene rings is 1. The average Bonchev–Trinajstić information content (AvgIpc) is 2.38. The minimum absolute atomic E-state index is 0. The van der Waals surface area contributed by atoms with Crippen molar-refractivity contribution in [2.24, 2.45) is 0 Å². The average molecular weight is 346 g/mol. The van der Waals surface area contributed by atoms with Gasteiger partial charge >= 0.3 is 0 Å². The highest BCUT2D eigenvalue weighted by Gasteiger charge is 2.02. The first-order chi connectivity index (χ1) is 8.77. The molecule has 0 aromatic heterocycles. The van der Waals surface area contributed by atoms with Gasteiger partial charge in [0.1, 0.15) is 5.75 Å². The summed E-state index contributed by atoms with van der Waals surface area (Å²) in [5.41, 5.74) is 1.06. The highest BCUT2D eigenvalue weighted by Crippen LogP contribution is 2.22. The molecular formula is C13H23Cl3N2O2. The van der Waals surface area contributed by atoms with Gasteiger partial charge in [0.05, 0.1) is 13.7 Å². The maximum atomic E-state index is 8.60. The van der Waals surface area contributed by atoms with E-state index in [0.717, 1.165) is 42.4 Å². The molecule has 0 aliphatic heterocycles. The van der Waals surface area contributed by atoms with Crippen molar-refractivity contribution in [3.63, 3.8) is 0 Å². The zero-order valence-electron chi connectivity index (χ0n) is 11.5. The van der Waals surface area contributed by atoms with Crippen molar-refractivity contribution < 1.29 is 9.84 Å². The number of ether oxygens (including phenoxy) is 1. The quantitative estimate of drug-likeness (QED) is 0.601. The summed E-state index contributed by atoms with van der Waals surface area (Å²) in [6, 6.07) is 5.61. The molecule has 0 bridgehead atoms. The summed E-state index contributed by atoms with van der Waals surface area (Å²) in [4.78, 5) is 0. The molecule has 1 rings (SSSR count). The third kappa shape index (κ3) is 8.84.